The van der Waals surface area contributed by atoms with Gasteiger partial charge in [-0.3, -0.25) is 4.79 Å². The van der Waals surface area contributed by atoms with Crippen molar-refractivity contribution in [3.8, 4) is 0 Å². The monoisotopic (exact) mass is 299 g/mol. The van der Waals surface area contributed by atoms with Gasteiger partial charge in [-0.05, 0) is 31.2 Å². The maximum atomic E-state index is 12.7. The third-order valence-corrected chi connectivity index (χ3v) is 5.05. The summed E-state index contributed by atoms with van der Waals surface area (Å²) in [5, 5.41) is 0.851. The van der Waals surface area contributed by atoms with Crippen LogP contribution in [0.25, 0.3) is 10.9 Å². The predicted octanol–water partition coefficient (Wildman–Crippen LogP) is 3.08. The highest BCUT2D eigenvalue weighted by Crippen LogP contribution is 2.22. The van der Waals surface area contributed by atoms with Crippen LogP contribution >= 0.6 is 0 Å². The zero-order valence-corrected chi connectivity index (χ0v) is 12.2. The van der Waals surface area contributed by atoms with E-state index in [1.54, 1.807) is 30.3 Å². The molecule has 0 aliphatic heterocycles. The fourth-order valence-corrected chi connectivity index (χ4v) is 3.66. The van der Waals surface area contributed by atoms with Gasteiger partial charge in [-0.15, -0.1) is 0 Å². The highest BCUT2D eigenvalue weighted by molar-refractivity contribution is 7.90. The van der Waals surface area contributed by atoms with Gasteiger partial charge < -0.3 is 0 Å². The van der Waals surface area contributed by atoms with Gasteiger partial charge in [0.05, 0.1) is 10.4 Å². The lowest BCUT2D eigenvalue weighted by atomic mass is 10.2. The number of nitrogens with zero attached hydrogens (tertiary/aromatic N) is 1. The highest BCUT2D eigenvalue weighted by atomic mass is 32.2. The van der Waals surface area contributed by atoms with Crippen LogP contribution in [0.15, 0.2) is 65.7 Å². The van der Waals surface area contributed by atoms with Gasteiger partial charge in [0.15, 0.2) is 5.78 Å². The Hall–Kier alpha value is -2.40. The van der Waals surface area contributed by atoms with Crippen molar-refractivity contribution in [3.05, 3.63) is 66.4 Å². The Kier molecular flexibility index (Phi) is 3.14. The van der Waals surface area contributed by atoms with Crippen molar-refractivity contribution in [3.63, 3.8) is 0 Å². The van der Waals surface area contributed by atoms with E-state index in [4.69, 9.17) is 0 Å². The van der Waals surface area contributed by atoms with Crippen molar-refractivity contribution in [1.29, 1.82) is 0 Å². The van der Waals surface area contributed by atoms with E-state index in [1.807, 2.05) is 12.1 Å². The van der Waals surface area contributed by atoms with E-state index in [9.17, 15) is 13.2 Å². The van der Waals surface area contributed by atoms with Gasteiger partial charge in [0.25, 0.3) is 10.0 Å². The van der Waals surface area contributed by atoms with Crippen molar-refractivity contribution in [1.82, 2.24) is 3.97 Å². The number of Topliss-reactive ketones (excluding diaryl/α,β-unsaturated/α-hetero) is 1. The number of carbonyl (C=O) groups is 1. The van der Waals surface area contributed by atoms with E-state index in [1.165, 1.54) is 29.2 Å². The SMILES string of the molecule is CC(=O)c1cccc(S(=O)(=O)n2ccc3ccccc32)c1. The smallest absolute Gasteiger partial charge is 0.268 e. The Morgan fingerprint density at radius 1 is 1.00 bits per heavy atom. The molecule has 0 saturated heterocycles. The third kappa shape index (κ3) is 2.25. The second-order valence-corrected chi connectivity index (χ2v) is 6.57. The second kappa shape index (κ2) is 4.86. The molecule has 5 heteroatoms. The zero-order chi connectivity index (χ0) is 15.0. The highest BCUT2D eigenvalue weighted by Gasteiger charge is 2.19. The summed E-state index contributed by atoms with van der Waals surface area (Å²) in [4.78, 5) is 11.5. The van der Waals surface area contributed by atoms with Gasteiger partial charge in [-0.25, -0.2) is 12.4 Å². The zero-order valence-electron chi connectivity index (χ0n) is 11.4. The lowest BCUT2D eigenvalue weighted by molar-refractivity contribution is 0.101. The molecule has 0 aliphatic carbocycles. The minimum atomic E-state index is -3.71. The van der Waals surface area contributed by atoms with E-state index >= 15 is 0 Å². The molecular formula is C16H13NO3S. The van der Waals surface area contributed by atoms with Crippen LogP contribution in [-0.2, 0) is 10.0 Å². The van der Waals surface area contributed by atoms with Gasteiger partial charge >= 0.3 is 0 Å². The average molecular weight is 299 g/mol. The molecule has 106 valence electrons. The minimum Gasteiger partial charge on any atom is -0.295 e. The molecule has 0 amide bonds. The number of fused-ring (bicyclic) bond motifs is 1. The number of ketones is 1. The Morgan fingerprint density at radius 3 is 2.52 bits per heavy atom. The van der Waals surface area contributed by atoms with Crippen LogP contribution in [0.3, 0.4) is 0 Å². The van der Waals surface area contributed by atoms with Crippen molar-refractivity contribution < 1.29 is 13.2 Å². The van der Waals surface area contributed by atoms with Gasteiger partial charge in [-0.1, -0.05) is 30.3 Å². The number of aromatic nitrogens is 1. The molecule has 0 bridgehead atoms. The van der Waals surface area contributed by atoms with Crippen LogP contribution in [0.4, 0.5) is 0 Å². The van der Waals surface area contributed by atoms with Crippen LogP contribution in [0.2, 0.25) is 0 Å². The maximum Gasteiger partial charge on any atom is 0.268 e. The van der Waals surface area contributed by atoms with Crippen LogP contribution in [0.1, 0.15) is 17.3 Å². The second-order valence-electron chi connectivity index (χ2n) is 4.76. The summed E-state index contributed by atoms with van der Waals surface area (Å²) in [6, 6.07) is 15.1. The Balaban J connectivity index is 2.21. The summed E-state index contributed by atoms with van der Waals surface area (Å²) < 4.78 is 26.7. The molecule has 0 saturated carbocycles. The molecule has 2 aromatic carbocycles. The van der Waals surface area contributed by atoms with Crippen molar-refractivity contribution in [2.75, 3.05) is 0 Å². The normalized spacial score (nSPS) is 11.7. The minimum absolute atomic E-state index is 0.108. The first kappa shape index (κ1) is 13.6. The maximum absolute atomic E-state index is 12.7. The molecule has 0 N–H and O–H groups in total. The average Bonchev–Trinajstić information content (AvgIpc) is 2.92. The first-order valence-corrected chi connectivity index (χ1v) is 7.87. The van der Waals surface area contributed by atoms with Gasteiger partial charge in [0.2, 0.25) is 0 Å². The van der Waals surface area contributed by atoms with E-state index in [0.717, 1.165) is 5.39 Å². The lowest BCUT2D eigenvalue weighted by Gasteiger charge is -2.08. The molecule has 4 nitrogen and oxygen atoms in total. The molecular weight excluding hydrogens is 286 g/mol. The standard InChI is InChI=1S/C16H13NO3S/c1-12(18)14-6-4-7-15(11-14)21(19,20)17-10-9-13-5-2-3-8-16(13)17/h2-11H,1H3. The van der Waals surface area contributed by atoms with Crippen molar-refractivity contribution in [2.45, 2.75) is 11.8 Å². The summed E-state index contributed by atoms with van der Waals surface area (Å²) >= 11 is 0. The number of rotatable bonds is 3. The van der Waals surface area contributed by atoms with Crippen LogP contribution in [-0.4, -0.2) is 18.2 Å². The molecule has 0 unspecified atom stereocenters. The molecule has 0 fully saturated rings. The molecule has 21 heavy (non-hydrogen) atoms. The fraction of sp³-hybridized carbons (Fsp3) is 0.0625. The number of benzene rings is 2. The topological polar surface area (TPSA) is 56.1 Å². The number of hydrogen-bond acceptors (Lipinski definition) is 3. The Labute approximate surface area is 122 Å². The molecule has 1 heterocycles. The van der Waals surface area contributed by atoms with E-state index in [0.29, 0.717) is 11.1 Å². The number of hydrogen-bond donors (Lipinski definition) is 0. The molecule has 0 radical (unpaired) electrons. The molecule has 0 spiro atoms. The van der Waals surface area contributed by atoms with Crippen LogP contribution in [0, 0.1) is 0 Å². The van der Waals surface area contributed by atoms with E-state index < -0.39 is 10.0 Å². The van der Waals surface area contributed by atoms with Crippen LogP contribution in [0.5, 0.6) is 0 Å². The van der Waals surface area contributed by atoms with Crippen molar-refractivity contribution in [2.24, 2.45) is 0 Å². The largest absolute Gasteiger partial charge is 0.295 e. The first-order valence-electron chi connectivity index (χ1n) is 6.43. The molecule has 0 aliphatic rings. The number of para-hydroxylation sites is 1. The molecule has 0 atom stereocenters. The summed E-state index contributed by atoms with van der Waals surface area (Å²) in [5.74, 6) is -0.163. The van der Waals surface area contributed by atoms with Gasteiger partial charge in [0, 0.05) is 17.1 Å². The summed E-state index contributed by atoms with van der Waals surface area (Å²) in [6.45, 7) is 1.41. The number of carbonyl (C=O) groups excluding carboxylic acids is 1. The third-order valence-electron chi connectivity index (χ3n) is 3.36. The molecule has 3 aromatic rings. The predicted molar refractivity (Wildman–Crippen MR) is 81.0 cm³/mol. The Morgan fingerprint density at radius 2 is 1.76 bits per heavy atom. The Bertz CT molecular complexity index is 939. The summed E-state index contributed by atoms with van der Waals surface area (Å²) in [6.07, 6.45) is 1.53. The molecule has 3 rings (SSSR count). The fourth-order valence-electron chi connectivity index (χ4n) is 2.26. The summed E-state index contributed by atoms with van der Waals surface area (Å²) in [7, 11) is -3.71. The van der Waals surface area contributed by atoms with Gasteiger partial charge in [0.1, 0.15) is 0 Å². The summed E-state index contributed by atoms with van der Waals surface area (Å²) in [5.41, 5.74) is 0.998. The molecule has 1 aromatic heterocycles. The van der Waals surface area contributed by atoms with Crippen molar-refractivity contribution >= 4 is 26.7 Å². The van der Waals surface area contributed by atoms with Gasteiger partial charge in [-0.2, -0.15) is 0 Å². The van der Waals surface area contributed by atoms with Crippen LogP contribution < -0.4 is 0 Å². The first-order chi connectivity index (χ1) is 10.00. The lowest BCUT2D eigenvalue weighted by Crippen LogP contribution is -2.12. The van der Waals surface area contributed by atoms with E-state index in [-0.39, 0.29) is 10.7 Å². The van der Waals surface area contributed by atoms with E-state index in [2.05, 4.69) is 0 Å². The quantitative estimate of drug-likeness (QED) is 0.698.